The van der Waals surface area contributed by atoms with Crippen LogP contribution >= 0.6 is 12.6 Å². The van der Waals surface area contributed by atoms with Gasteiger partial charge in [0.2, 0.25) is 0 Å². The predicted molar refractivity (Wildman–Crippen MR) is 60.0 cm³/mol. The molecule has 1 saturated heterocycles. The van der Waals surface area contributed by atoms with E-state index < -0.39 is 0 Å². The highest BCUT2D eigenvalue weighted by Crippen LogP contribution is 2.31. The number of benzene rings is 1. The first kappa shape index (κ1) is 9.87. The summed E-state index contributed by atoms with van der Waals surface area (Å²) in [6.07, 6.45) is 3.57. The summed E-state index contributed by atoms with van der Waals surface area (Å²) in [6, 6.07) is 5.77. The maximum absolute atomic E-state index is 9.71. The van der Waals surface area contributed by atoms with Crippen molar-refractivity contribution in [3.05, 3.63) is 23.8 Å². The van der Waals surface area contributed by atoms with Crippen molar-refractivity contribution in [3.8, 4) is 5.75 Å². The fraction of sp³-hybridized carbons (Fsp3) is 0.455. The number of piperidine rings is 1. The van der Waals surface area contributed by atoms with Crippen molar-refractivity contribution in [1.29, 1.82) is 0 Å². The Balaban J connectivity index is 2.24. The molecule has 0 amide bonds. The van der Waals surface area contributed by atoms with Crippen LogP contribution in [0.1, 0.15) is 30.9 Å². The number of hydrogen-bond donors (Lipinski definition) is 3. The molecule has 3 heteroatoms. The van der Waals surface area contributed by atoms with Gasteiger partial charge in [0.1, 0.15) is 5.75 Å². The summed E-state index contributed by atoms with van der Waals surface area (Å²) in [5.41, 5.74) is 0.984. The molecule has 0 radical (unpaired) electrons. The molecule has 2 nitrogen and oxygen atoms in total. The van der Waals surface area contributed by atoms with Gasteiger partial charge in [0.05, 0.1) is 0 Å². The zero-order valence-corrected chi connectivity index (χ0v) is 8.93. The topological polar surface area (TPSA) is 32.3 Å². The van der Waals surface area contributed by atoms with Gasteiger partial charge in [-0.25, -0.2) is 0 Å². The van der Waals surface area contributed by atoms with Gasteiger partial charge in [-0.05, 0) is 37.6 Å². The van der Waals surface area contributed by atoms with E-state index in [1.807, 2.05) is 12.1 Å². The first-order valence-corrected chi connectivity index (χ1v) is 5.47. The van der Waals surface area contributed by atoms with Gasteiger partial charge in [-0.2, -0.15) is 0 Å². The summed E-state index contributed by atoms with van der Waals surface area (Å²) in [5.74, 6) is 0.377. The quantitative estimate of drug-likeness (QED) is 0.621. The van der Waals surface area contributed by atoms with Crippen molar-refractivity contribution < 1.29 is 5.11 Å². The summed E-state index contributed by atoms with van der Waals surface area (Å²) >= 11 is 4.28. The van der Waals surface area contributed by atoms with Crippen molar-refractivity contribution in [2.24, 2.45) is 0 Å². The summed E-state index contributed by atoms with van der Waals surface area (Å²) in [6.45, 7) is 1.04. The lowest BCUT2D eigenvalue weighted by atomic mass is 9.97. The van der Waals surface area contributed by atoms with Gasteiger partial charge in [-0.3, -0.25) is 0 Å². The molecule has 1 heterocycles. The molecule has 1 aromatic carbocycles. The lowest BCUT2D eigenvalue weighted by Gasteiger charge is -2.24. The molecule has 0 aromatic heterocycles. The molecule has 14 heavy (non-hydrogen) atoms. The van der Waals surface area contributed by atoms with Gasteiger partial charge >= 0.3 is 0 Å². The van der Waals surface area contributed by atoms with Gasteiger partial charge in [-0.15, -0.1) is 12.6 Å². The lowest BCUT2D eigenvalue weighted by molar-refractivity contribution is 0.390. The zero-order chi connectivity index (χ0) is 9.97. The highest BCUT2D eigenvalue weighted by Gasteiger charge is 2.17. The minimum Gasteiger partial charge on any atom is -0.508 e. The first-order valence-electron chi connectivity index (χ1n) is 5.02. The van der Waals surface area contributed by atoms with Crippen molar-refractivity contribution >= 4 is 12.6 Å². The van der Waals surface area contributed by atoms with Gasteiger partial charge in [-0.1, -0.05) is 6.42 Å². The number of rotatable bonds is 1. The maximum Gasteiger partial charge on any atom is 0.120 e. The van der Waals surface area contributed by atoms with E-state index in [1.54, 1.807) is 6.07 Å². The monoisotopic (exact) mass is 209 g/mol. The van der Waals surface area contributed by atoms with E-state index in [0.29, 0.717) is 11.8 Å². The largest absolute Gasteiger partial charge is 0.508 e. The average molecular weight is 209 g/mol. The van der Waals surface area contributed by atoms with E-state index in [9.17, 15) is 5.11 Å². The van der Waals surface area contributed by atoms with Gasteiger partial charge in [0.25, 0.3) is 0 Å². The highest BCUT2D eigenvalue weighted by atomic mass is 32.1. The number of aromatic hydroxyl groups is 1. The van der Waals surface area contributed by atoms with Crippen molar-refractivity contribution in [2.75, 3.05) is 6.54 Å². The summed E-state index contributed by atoms with van der Waals surface area (Å²) in [7, 11) is 0. The van der Waals surface area contributed by atoms with Crippen LogP contribution in [0.4, 0.5) is 0 Å². The summed E-state index contributed by atoms with van der Waals surface area (Å²) in [5, 5.41) is 13.1. The lowest BCUT2D eigenvalue weighted by Crippen LogP contribution is -2.26. The standard InChI is InChI=1S/C11H15NOS/c13-11-5-4-8(14)7-9(11)10-3-1-2-6-12-10/h4-5,7,10,12-14H,1-3,6H2/t10-/m1/s1. The molecule has 1 fully saturated rings. The molecule has 0 saturated carbocycles. The van der Waals surface area contributed by atoms with Crippen LogP contribution in [-0.2, 0) is 0 Å². The number of phenolic OH excluding ortho intramolecular Hbond substituents is 1. The Bertz CT molecular complexity index is 321. The van der Waals surface area contributed by atoms with Gasteiger partial charge < -0.3 is 10.4 Å². The van der Waals surface area contributed by atoms with Crippen LogP contribution in [0.3, 0.4) is 0 Å². The molecule has 0 unspecified atom stereocenters. The van der Waals surface area contributed by atoms with Crippen LogP contribution in [0.5, 0.6) is 5.75 Å². The molecular weight excluding hydrogens is 194 g/mol. The number of nitrogens with one attached hydrogen (secondary N) is 1. The molecule has 76 valence electrons. The third kappa shape index (κ3) is 2.04. The fourth-order valence-electron chi connectivity index (χ4n) is 1.94. The van der Waals surface area contributed by atoms with E-state index >= 15 is 0 Å². The molecular formula is C11H15NOS. The van der Waals surface area contributed by atoms with Crippen molar-refractivity contribution in [1.82, 2.24) is 5.32 Å². The van der Waals surface area contributed by atoms with E-state index in [1.165, 1.54) is 12.8 Å². The van der Waals surface area contributed by atoms with Crippen LogP contribution in [-0.4, -0.2) is 11.7 Å². The van der Waals surface area contributed by atoms with Crippen LogP contribution < -0.4 is 5.32 Å². The van der Waals surface area contributed by atoms with Crippen LogP contribution in [0.15, 0.2) is 23.1 Å². The number of phenols is 1. The van der Waals surface area contributed by atoms with Crippen LogP contribution in [0.25, 0.3) is 0 Å². The SMILES string of the molecule is Oc1ccc(S)cc1[C@H]1CCCCN1. The van der Waals surface area contributed by atoms with Crippen molar-refractivity contribution in [3.63, 3.8) is 0 Å². The Kier molecular flexibility index (Phi) is 2.99. The van der Waals surface area contributed by atoms with Crippen molar-refractivity contribution in [2.45, 2.75) is 30.2 Å². The van der Waals surface area contributed by atoms with E-state index in [-0.39, 0.29) is 0 Å². The third-order valence-corrected chi connectivity index (χ3v) is 2.98. The van der Waals surface area contributed by atoms with Crippen LogP contribution in [0.2, 0.25) is 0 Å². The molecule has 1 aliphatic heterocycles. The first-order chi connectivity index (χ1) is 6.77. The predicted octanol–water partition coefficient (Wildman–Crippen LogP) is 2.50. The highest BCUT2D eigenvalue weighted by molar-refractivity contribution is 7.80. The average Bonchev–Trinajstić information content (AvgIpc) is 2.23. The molecule has 1 atom stereocenters. The normalized spacial score (nSPS) is 22.2. The van der Waals surface area contributed by atoms with E-state index in [4.69, 9.17) is 0 Å². The summed E-state index contributed by atoms with van der Waals surface area (Å²) < 4.78 is 0. The molecule has 0 spiro atoms. The number of thiol groups is 1. The molecule has 1 aromatic rings. The molecule has 2 N–H and O–H groups in total. The molecule has 1 aliphatic rings. The minimum absolute atomic E-state index is 0.302. The third-order valence-electron chi connectivity index (χ3n) is 2.70. The Morgan fingerprint density at radius 1 is 1.36 bits per heavy atom. The van der Waals surface area contributed by atoms with Crippen LogP contribution in [0, 0.1) is 0 Å². The van der Waals surface area contributed by atoms with Gasteiger partial charge in [0.15, 0.2) is 0 Å². The fourth-order valence-corrected chi connectivity index (χ4v) is 2.15. The Morgan fingerprint density at radius 3 is 2.93 bits per heavy atom. The Hall–Kier alpha value is -0.670. The second-order valence-corrected chi connectivity index (χ2v) is 4.26. The van der Waals surface area contributed by atoms with Gasteiger partial charge in [0, 0.05) is 16.5 Å². The smallest absolute Gasteiger partial charge is 0.120 e. The molecule has 0 bridgehead atoms. The Morgan fingerprint density at radius 2 is 2.21 bits per heavy atom. The van der Waals surface area contributed by atoms with E-state index in [2.05, 4.69) is 17.9 Å². The molecule has 2 rings (SSSR count). The second kappa shape index (κ2) is 4.24. The minimum atomic E-state index is 0.302. The zero-order valence-electron chi connectivity index (χ0n) is 8.03. The summed E-state index contributed by atoms with van der Waals surface area (Å²) in [4.78, 5) is 0.908. The maximum atomic E-state index is 9.71. The Labute approximate surface area is 89.7 Å². The van der Waals surface area contributed by atoms with E-state index in [0.717, 1.165) is 23.4 Å². The molecule has 0 aliphatic carbocycles. The number of hydrogen-bond acceptors (Lipinski definition) is 3. The second-order valence-electron chi connectivity index (χ2n) is 3.75.